The first-order chi connectivity index (χ1) is 43.9. The van der Waals surface area contributed by atoms with Gasteiger partial charge in [-0.1, -0.05) is 90.4 Å². The Balaban J connectivity index is 1.77. The van der Waals surface area contributed by atoms with E-state index in [1.807, 2.05) is 19.0 Å². The number of rotatable bonds is 71. The molecule has 0 aliphatic carbocycles. The van der Waals surface area contributed by atoms with Crippen LogP contribution in [0.2, 0.25) is 0 Å². The van der Waals surface area contributed by atoms with E-state index in [-0.39, 0.29) is 73.2 Å². The predicted octanol–water partition coefficient (Wildman–Crippen LogP) is 6.07. The van der Waals surface area contributed by atoms with Crippen molar-refractivity contribution in [3.05, 3.63) is 0 Å². The number of ketones is 2. The first-order valence-corrected chi connectivity index (χ1v) is 34.8. The van der Waals surface area contributed by atoms with Crippen LogP contribution in [-0.4, -0.2) is 261 Å². The number of ether oxygens (including phenoxy) is 12. The highest BCUT2D eigenvalue weighted by Gasteiger charge is 2.39. The molecule has 4 N–H and O–H groups in total. The monoisotopic (exact) mass is 1310 g/mol. The second-order valence-corrected chi connectivity index (χ2v) is 23.9. The summed E-state index contributed by atoms with van der Waals surface area (Å²) in [6, 6.07) is -0.576. The van der Waals surface area contributed by atoms with E-state index in [0.717, 1.165) is 62.8 Å². The number of carbonyl (C=O) groups is 7. The fourth-order valence-electron chi connectivity index (χ4n) is 9.31. The summed E-state index contributed by atoms with van der Waals surface area (Å²) in [4.78, 5) is 90.5. The van der Waals surface area contributed by atoms with Crippen molar-refractivity contribution in [3.63, 3.8) is 0 Å². The van der Waals surface area contributed by atoms with Crippen molar-refractivity contribution in [2.24, 2.45) is 11.7 Å². The van der Waals surface area contributed by atoms with Gasteiger partial charge in [-0.2, -0.15) is 0 Å². The molecule has 25 heteroatoms. The maximum absolute atomic E-state index is 13.0. The van der Waals surface area contributed by atoms with Crippen molar-refractivity contribution in [1.82, 2.24) is 20.4 Å². The highest BCUT2D eigenvalue weighted by molar-refractivity contribution is 8.00. The first-order valence-electron chi connectivity index (χ1n) is 33.8. The van der Waals surface area contributed by atoms with Gasteiger partial charge in [0.1, 0.15) is 17.6 Å². The third-order valence-corrected chi connectivity index (χ3v) is 15.9. The van der Waals surface area contributed by atoms with Crippen LogP contribution in [0.3, 0.4) is 0 Å². The van der Waals surface area contributed by atoms with Crippen LogP contribution in [0.5, 0.6) is 0 Å². The maximum Gasteiger partial charge on any atom is 0.242 e. The molecule has 0 aromatic heterocycles. The maximum atomic E-state index is 13.0. The van der Waals surface area contributed by atoms with Crippen molar-refractivity contribution in [1.29, 1.82) is 0 Å². The molecule has 2 unspecified atom stereocenters. The lowest BCUT2D eigenvalue weighted by atomic mass is 10.0. The van der Waals surface area contributed by atoms with Crippen LogP contribution < -0.4 is 16.4 Å². The number of likely N-dealkylation sites (tertiary alicyclic amines) is 1. The number of unbranched alkanes of at least 4 members (excludes halogenated alkanes) is 13. The Bertz CT molecular complexity index is 1780. The Morgan fingerprint density at radius 2 is 0.889 bits per heavy atom. The molecule has 3 atom stereocenters. The third-order valence-electron chi connectivity index (χ3n) is 14.5. The number of hydrogen-bond donors (Lipinski definition) is 3. The van der Waals surface area contributed by atoms with Crippen LogP contribution in [0.1, 0.15) is 161 Å². The van der Waals surface area contributed by atoms with Crippen LogP contribution in [0.25, 0.3) is 0 Å². The smallest absolute Gasteiger partial charge is 0.242 e. The Labute approximate surface area is 544 Å². The molecule has 1 heterocycles. The standard InChI is InChI=1S/C65H121N5O19S/c1-5-6-7-8-9-10-11-15-18-25-61(73)68-59(63(66)75)24-17-14-12-13-16-19-29-78-31-33-80-35-37-82-39-41-84-43-45-86-47-49-88-51-52-89-50-48-87-46-44-85-42-40-83-38-36-81-34-32-79-30-21-23-57(71)26-28-70-62(74)54-60(65(70)77)90-55-56(64(76)67-2)53-58(72)22-20-27-69(3)4/h56,59-60H,5-55H2,1-4H3,(H2,66,75)(H,67,76)(H,68,73)/t56-,59?,60?/m0/s1. The van der Waals surface area contributed by atoms with Crippen LogP contribution in [-0.2, 0) is 90.4 Å². The van der Waals surface area contributed by atoms with E-state index in [9.17, 15) is 33.6 Å². The van der Waals surface area contributed by atoms with E-state index in [2.05, 4.69) is 17.6 Å². The van der Waals surface area contributed by atoms with Crippen LogP contribution in [0, 0.1) is 5.92 Å². The largest absolute Gasteiger partial charge is 0.379 e. The number of thioether (sulfide) groups is 1. The Morgan fingerprint density at radius 3 is 1.31 bits per heavy atom. The van der Waals surface area contributed by atoms with Gasteiger partial charge in [-0.05, 0) is 52.7 Å². The SMILES string of the molecule is CCCCCCCCCCCC(=O)NC(CCCCCCCCOCCOCCOCCOCCOCCOCCOCCOCCOCCOCCOCCOCCCC(=O)CCN1C(=O)CC(SC[C@H](CC(=O)CCCN(C)C)C(=O)NC)C1=O)C(N)=O. The van der Waals surface area contributed by atoms with E-state index >= 15 is 0 Å². The summed E-state index contributed by atoms with van der Waals surface area (Å²) in [6.45, 7) is 14.3. The Kier molecular flexibility index (Phi) is 59.4. The molecule has 526 valence electrons. The minimum atomic E-state index is -0.637. The van der Waals surface area contributed by atoms with Gasteiger partial charge in [0, 0.05) is 71.1 Å². The second-order valence-electron chi connectivity index (χ2n) is 22.6. The minimum Gasteiger partial charge on any atom is -0.379 e. The van der Waals surface area contributed by atoms with Gasteiger partial charge in [-0.25, -0.2) is 0 Å². The average Bonchev–Trinajstić information content (AvgIpc) is 1.93. The summed E-state index contributed by atoms with van der Waals surface area (Å²) in [7, 11) is 5.39. The number of Topliss-reactive ketones (excluding diaryl/α,β-unsaturated/α-hetero) is 2. The van der Waals surface area contributed by atoms with Gasteiger partial charge in [-0.15, -0.1) is 11.8 Å². The topological polar surface area (TPSA) is 287 Å². The molecule has 1 saturated heterocycles. The number of primary amides is 1. The highest BCUT2D eigenvalue weighted by Crippen LogP contribution is 2.28. The molecule has 24 nitrogen and oxygen atoms in total. The molecule has 0 aromatic carbocycles. The fourth-order valence-corrected chi connectivity index (χ4v) is 10.6. The summed E-state index contributed by atoms with van der Waals surface area (Å²) in [5.41, 5.74) is 5.57. The van der Waals surface area contributed by atoms with E-state index in [4.69, 9.17) is 62.6 Å². The van der Waals surface area contributed by atoms with Gasteiger partial charge in [-0.3, -0.25) is 38.5 Å². The molecule has 1 aliphatic rings. The van der Waals surface area contributed by atoms with Gasteiger partial charge >= 0.3 is 0 Å². The van der Waals surface area contributed by atoms with Gasteiger partial charge in [0.05, 0.1) is 157 Å². The fraction of sp³-hybridized carbons (Fsp3) is 0.892. The van der Waals surface area contributed by atoms with Crippen molar-refractivity contribution in [2.45, 2.75) is 172 Å². The van der Waals surface area contributed by atoms with E-state index in [0.29, 0.717) is 191 Å². The number of nitrogens with two attached hydrogens (primary N) is 1. The summed E-state index contributed by atoms with van der Waals surface area (Å²) >= 11 is 1.22. The number of nitrogens with zero attached hydrogens (tertiary/aromatic N) is 2. The lowest BCUT2D eigenvalue weighted by molar-refractivity contribution is -0.138. The molecule has 1 aliphatic heterocycles. The summed E-state index contributed by atoms with van der Waals surface area (Å²) < 4.78 is 66.7. The molecule has 5 amide bonds. The van der Waals surface area contributed by atoms with Crippen LogP contribution >= 0.6 is 11.8 Å². The lowest BCUT2D eigenvalue weighted by Crippen LogP contribution is -2.44. The zero-order valence-corrected chi connectivity index (χ0v) is 56.7. The summed E-state index contributed by atoms with van der Waals surface area (Å²) in [5.74, 6) is -1.88. The van der Waals surface area contributed by atoms with Crippen LogP contribution in [0.15, 0.2) is 0 Å². The van der Waals surface area contributed by atoms with Gasteiger partial charge in [0.2, 0.25) is 29.5 Å². The number of carbonyl (C=O) groups excluding carboxylic acids is 7. The van der Waals surface area contributed by atoms with Crippen LogP contribution in [0.4, 0.5) is 0 Å². The number of hydrogen-bond acceptors (Lipinski definition) is 21. The molecule has 90 heavy (non-hydrogen) atoms. The number of nitrogens with one attached hydrogen (secondary N) is 2. The summed E-state index contributed by atoms with van der Waals surface area (Å²) in [6.07, 6.45) is 20.1. The third kappa shape index (κ3) is 53.1. The molecule has 0 aromatic rings. The van der Waals surface area contributed by atoms with Crippen molar-refractivity contribution in [3.8, 4) is 0 Å². The van der Waals surface area contributed by atoms with Crippen molar-refractivity contribution in [2.75, 3.05) is 199 Å². The van der Waals surface area contributed by atoms with E-state index in [1.165, 1.54) is 63.8 Å². The Hall–Kier alpha value is -3.28. The average molecular weight is 1310 g/mol. The van der Waals surface area contributed by atoms with Gasteiger partial charge in [0.25, 0.3) is 0 Å². The summed E-state index contributed by atoms with van der Waals surface area (Å²) in [5, 5.41) is 4.81. The van der Waals surface area contributed by atoms with Gasteiger partial charge in [0.15, 0.2) is 0 Å². The molecule has 0 saturated carbocycles. The highest BCUT2D eigenvalue weighted by atomic mass is 32.2. The van der Waals surface area contributed by atoms with E-state index in [1.54, 1.807) is 0 Å². The predicted molar refractivity (Wildman–Crippen MR) is 347 cm³/mol. The molecule has 0 bridgehead atoms. The molecule has 0 radical (unpaired) electrons. The van der Waals surface area contributed by atoms with E-state index < -0.39 is 23.1 Å². The first kappa shape index (κ1) is 84.7. The minimum absolute atomic E-state index is 0.00411. The molecular weight excluding hydrogens is 1190 g/mol. The molecule has 0 spiro atoms. The molecule has 1 rings (SSSR count). The number of amides is 5. The molecular formula is C65H121N5O19S. The zero-order valence-electron chi connectivity index (χ0n) is 55.9. The van der Waals surface area contributed by atoms with Crippen molar-refractivity contribution >= 4 is 52.9 Å². The number of imide groups is 1. The molecule has 1 fully saturated rings. The zero-order chi connectivity index (χ0) is 65.6. The Morgan fingerprint density at radius 1 is 0.500 bits per heavy atom. The van der Waals surface area contributed by atoms with Gasteiger partial charge < -0.3 is 78.1 Å². The normalized spacial score (nSPS) is 14.1. The quantitative estimate of drug-likeness (QED) is 0.0460. The lowest BCUT2D eigenvalue weighted by Gasteiger charge is -2.17. The van der Waals surface area contributed by atoms with Crippen molar-refractivity contribution < 1.29 is 90.4 Å². The second kappa shape index (κ2) is 63.1.